The highest BCUT2D eigenvalue weighted by Crippen LogP contribution is 2.32. The standard InChI is InChI=1S/C26H23N3O5/c1-34-23-14-18(17-8-4-2-5-9-17)12-13-20(23)21(16-25(31)32)27-26(33)22-15-24(30)29(28-22)19-10-6-3-7-11-19/h2-15,21,30H,16H2,1H3,(H,27,33)(H,31,32). The summed E-state index contributed by atoms with van der Waals surface area (Å²) in [5, 5.41) is 26.6. The number of ether oxygens (including phenoxy) is 1. The van der Waals surface area contributed by atoms with Gasteiger partial charge in [-0.2, -0.15) is 5.10 Å². The first-order valence-corrected chi connectivity index (χ1v) is 10.6. The number of hydrogen-bond donors (Lipinski definition) is 3. The summed E-state index contributed by atoms with van der Waals surface area (Å²) in [6.45, 7) is 0. The largest absolute Gasteiger partial charge is 0.496 e. The molecule has 172 valence electrons. The molecule has 0 spiro atoms. The van der Waals surface area contributed by atoms with Gasteiger partial charge in [0.1, 0.15) is 5.75 Å². The molecular formula is C26H23N3O5. The Balaban J connectivity index is 1.63. The van der Waals surface area contributed by atoms with E-state index in [1.54, 1.807) is 30.3 Å². The fourth-order valence-electron chi connectivity index (χ4n) is 3.70. The summed E-state index contributed by atoms with van der Waals surface area (Å²) in [5.41, 5.74) is 2.93. The van der Waals surface area contributed by atoms with Crippen molar-refractivity contribution in [3.8, 4) is 28.4 Å². The second-order valence-corrected chi connectivity index (χ2v) is 7.58. The molecule has 0 saturated heterocycles. The monoisotopic (exact) mass is 457 g/mol. The predicted octanol–water partition coefficient (Wildman–Crippen LogP) is 4.20. The predicted molar refractivity (Wildman–Crippen MR) is 126 cm³/mol. The van der Waals surface area contributed by atoms with Gasteiger partial charge in [0.05, 0.1) is 25.3 Å². The lowest BCUT2D eigenvalue weighted by Gasteiger charge is -2.20. The molecule has 0 aliphatic rings. The van der Waals surface area contributed by atoms with Crippen LogP contribution in [0.1, 0.15) is 28.5 Å². The highest BCUT2D eigenvalue weighted by atomic mass is 16.5. The maximum absolute atomic E-state index is 13.0. The summed E-state index contributed by atoms with van der Waals surface area (Å²) >= 11 is 0. The summed E-state index contributed by atoms with van der Waals surface area (Å²) in [6, 6.07) is 24.3. The Labute approximate surface area is 196 Å². The van der Waals surface area contributed by atoms with Crippen molar-refractivity contribution in [2.24, 2.45) is 0 Å². The second-order valence-electron chi connectivity index (χ2n) is 7.58. The van der Waals surface area contributed by atoms with Crippen molar-refractivity contribution in [3.63, 3.8) is 0 Å². The van der Waals surface area contributed by atoms with Crippen molar-refractivity contribution in [1.29, 1.82) is 0 Å². The van der Waals surface area contributed by atoms with E-state index in [0.717, 1.165) is 11.1 Å². The topological polar surface area (TPSA) is 114 Å². The van der Waals surface area contributed by atoms with Crippen LogP contribution in [0.3, 0.4) is 0 Å². The molecule has 1 heterocycles. The molecule has 8 heteroatoms. The fourth-order valence-corrected chi connectivity index (χ4v) is 3.70. The maximum Gasteiger partial charge on any atom is 0.305 e. The number of rotatable bonds is 8. The van der Waals surface area contributed by atoms with E-state index in [-0.39, 0.29) is 18.0 Å². The smallest absolute Gasteiger partial charge is 0.305 e. The molecule has 34 heavy (non-hydrogen) atoms. The maximum atomic E-state index is 13.0. The first-order chi connectivity index (χ1) is 16.5. The van der Waals surface area contributed by atoms with E-state index >= 15 is 0 Å². The van der Waals surface area contributed by atoms with Gasteiger partial charge in [-0.05, 0) is 29.3 Å². The number of carbonyl (C=O) groups is 2. The molecule has 1 aromatic heterocycles. The number of carbonyl (C=O) groups excluding carboxylic acids is 1. The van der Waals surface area contributed by atoms with Crippen LogP contribution >= 0.6 is 0 Å². The second kappa shape index (κ2) is 9.91. The van der Waals surface area contributed by atoms with Crippen molar-refractivity contribution in [3.05, 3.63) is 96.2 Å². The molecule has 1 atom stereocenters. The average Bonchev–Trinajstić information content (AvgIpc) is 3.25. The third-order valence-electron chi connectivity index (χ3n) is 5.32. The van der Waals surface area contributed by atoms with Gasteiger partial charge < -0.3 is 20.3 Å². The van der Waals surface area contributed by atoms with Crippen LogP contribution in [0.4, 0.5) is 0 Å². The first-order valence-electron chi connectivity index (χ1n) is 10.6. The number of aromatic hydroxyl groups is 1. The Morgan fingerprint density at radius 1 is 0.971 bits per heavy atom. The van der Waals surface area contributed by atoms with E-state index in [2.05, 4.69) is 10.4 Å². The lowest BCUT2D eigenvalue weighted by Crippen LogP contribution is -2.31. The van der Waals surface area contributed by atoms with E-state index in [9.17, 15) is 19.8 Å². The Hall–Kier alpha value is -4.59. The van der Waals surface area contributed by atoms with E-state index in [1.165, 1.54) is 17.9 Å². The number of para-hydroxylation sites is 1. The molecule has 0 aliphatic carbocycles. The van der Waals surface area contributed by atoms with Crippen molar-refractivity contribution in [2.45, 2.75) is 12.5 Å². The fraction of sp³-hybridized carbons (Fsp3) is 0.115. The number of methoxy groups -OCH3 is 1. The zero-order chi connectivity index (χ0) is 24.1. The molecule has 0 radical (unpaired) electrons. The summed E-state index contributed by atoms with van der Waals surface area (Å²) in [7, 11) is 1.49. The van der Waals surface area contributed by atoms with Crippen LogP contribution in [0.15, 0.2) is 84.9 Å². The normalized spacial score (nSPS) is 11.6. The Kier molecular flexibility index (Phi) is 6.59. The lowest BCUT2D eigenvalue weighted by atomic mass is 9.97. The summed E-state index contributed by atoms with van der Waals surface area (Å²) < 4.78 is 6.77. The van der Waals surface area contributed by atoms with Crippen LogP contribution in [-0.4, -0.2) is 39.0 Å². The number of carboxylic acids is 1. The van der Waals surface area contributed by atoms with Gasteiger partial charge in [0.15, 0.2) is 5.69 Å². The lowest BCUT2D eigenvalue weighted by molar-refractivity contribution is -0.137. The number of carboxylic acid groups (broad SMARTS) is 1. The van der Waals surface area contributed by atoms with Gasteiger partial charge in [0, 0.05) is 11.6 Å². The molecule has 0 aliphatic heterocycles. The molecule has 4 aromatic rings. The summed E-state index contributed by atoms with van der Waals surface area (Å²) in [5.74, 6) is -1.47. The van der Waals surface area contributed by atoms with Gasteiger partial charge in [-0.25, -0.2) is 4.68 Å². The van der Waals surface area contributed by atoms with Crippen molar-refractivity contribution in [1.82, 2.24) is 15.1 Å². The quantitative estimate of drug-likeness (QED) is 0.365. The number of nitrogens with zero attached hydrogens (tertiary/aromatic N) is 2. The number of aliphatic carboxylic acids is 1. The molecule has 0 bridgehead atoms. The third-order valence-corrected chi connectivity index (χ3v) is 5.32. The minimum Gasteiger partial charge on any atom is -0.496 e. The molecule has 3 N–H and O–H groups in total. The number of nitrogens with one attached hydrogen (secondary N) is 1. The average molecular weight is 457 g/mol. The summed E-state index contributed by atoms with van der Waals surface area (Å²) in [6.07, 6.45) is -0.363. The molecule has 4 rings (SSSR count). The Morgan fingerprint density at radius 2 is 1.65 bits per heavy atom. The van der Waals surface area contributed by atoms with E-state index in [0.29, 0.717) is 17.0 Å². The highest BCUT2D eigenvalue weighted by molar-refractivity contribution is 5.93. The molecule has 1 amide bonds. The number of aromatic nitrogens is 2. The zero-order valence-electron chi connectivity index (χ0n) is 18.4. The Bertz CT molecular complexity index is 1300. The van der Waals surface area contributed by atoms with Crippen LogP contribution < -0.4 is 10.1 Å². The van der Waals surface area contributed by atoms with Crippen molar-refractivity contribution < 1.29 is 24.5 Å². The minimum absolute atomic E-state index is 0.0448. The van der Waals surface area contributed by atoms with Crippen LogP contribution in [0, 0.1) is 0 Å². The van der Waals surface area contributed by atoms with Crippen LogP contribution in [0.2, 0.25) is 0 Å². The van der Waals surface area contributed by atoms with Crippen LogP contribution in [0.25, 0.3) is 16.8 Å². The van der Waals surface area contributed by atoms with E-state index < -0.39 is 17.9 Å². The first kappa shape index (κ1) is 22.6. The zero-order valence-corrected chi connectivity index (χ0v) is 18.4. The molecule has 0 saturated carbocycles. The van der Waals surface area contributed by atoms with E-state index in [4.69, 9.17) is 4.74 Å². The minimum atomic E-state index is -1.09. The van der Waals surface area contributed by atoms with Gasteiger partial charge in [-0.15, -0.1) is 0 Å². The molecule has 1 unspecified atom stereocenters. The van der Waals surface area contributed by atoms with Gasteiger partial charge in [0.2, 0.25) is 5.88 Å². The van der Waals surface area contributed by atoms with Crippen LogP contribution in [-0.2, 0) is 4.79 Å². The highest BCUT2D eigenvalue weighted by Gasteiger charge is 2.24. The van der Waals surface area contributed by atoms with Crippen molar-refractivity contribution >= 4 is 11.9 Å². The van der Waals surface area contributed by atoms with Crippen molar-refractivity contribution in [2.75, 3.05) is 7.11 Å². The molecule has 0 fully saturated rings. The number of hydrogen-bond acceptors (Lipinski definition) is 5. The third kappa shape index (κ3) is 4.91. The number of benzene rings is 3. The Morgan fingerprint density at radius 3 is 2.29 bits per heavy atom. The molecule has 3 aromatic carbocycles. The van der Waals surface area contributed by atoms with Crippen LogP contribution in [0.5, 0.6) is 11.6 Å². The molecular weight excluding hydrogens is 434 g/mol. The van der Waals surface area contributed by atoms with Gasteiger partial charge >= 0.3 is 5.97 Å². The summed E-state index contributed by atoms with van der Waals surface area (Å²) in [4.78, 5) is 24.5. The van der Waals surface area contributed by atoms with Gasteiger partial charge in [-0.1, -0.05) is 60.7 Å². The number of amides is 1. The molecule has 8 nitrogen and oxygen atoms in total. The SMILES string of the molecule is COc1cc(-c2ccccc2)ccc1C(CC(=O)O)NC(=O)c1cc(O)n(-c2ccccc2)n1. The van der Waals surface area contributed by atoms with Gasteiger partial charge in [0.25, 0.3) is 5.91 Å². The van der Waals surface area contributed by atoms with E-state index in [1.807, 2.05) is 48.5 Å². The van der Waals surface area contributed by atoms with Gasteiger partial charge in [-0.3, -0.25) is 9.59 Å².